The molecule has 3 atom stereocenters. The molecule has 120 valence electrons. The molecular formula is C16H34O3Si. The molecule has 0 unspecified atom stereocenters. The van der Waals surface area contributed by atoms with Crippen LogP contribution in [-0.4, -0.2) is 25.1 Å². The van der Waals surface area contributed by atoms with Gasteiger partial charge in [0.1, 0.15) is 5.60 Å². The van der Waals surface area contributed by atoms with Crippen LogP contribution < -0.4 is 0 Å². The van der Waals surface area contributed by atoms with Gasteiger partial charge in [0, 0.05) is 5.92 Å². The van der Waals surface area contributed by atoms with E-state index in [1.807, 2.05) is 0 Å². The molecule has 0 radical (unpaired) electrons. The van der Waals surface area contributed by atoms with Gasteiger partial charge >= 0.3 is 0 Å². The molecule has 0 aromatic heterocycles. The third-order valence-electron chi connectivity index (χ3n) is 5.34. The minimum Gasteiger partial charge on any atom is -0.393 e. The summed E-state index contributed by atoms with van der Waals surface area (Å²) < 4.78 is 6.00. The smallest absolute Gasteiger partial charge is 0.238 e. The minimum absolute atomic E-state index is 0.177. The first-order valence-electron chi connectivity index (χ1n) is 8.35. The molecule has 3 nitrogen and oxygen atoms in total. The molecule has 0 bridgehead atoms. The second kappa shape index (κ2) is 7.39. The summed E-state index contributed by atoms with van der Waals surface area (Å²) in [5.41, 5.74) is -0.405. The Kier molecular flexibility index (Phi) is 6.70. The molecule has 0 aromatic rings. The van der Waals surface area contributed by atoms with Crippen molar-refractivity contribution < 1.29 is 14.6 Å². The van der Waals surface area contributed by atoms with Gasteiger partial charge in [0.2, 0.25) is 8.32 Å². The molecule has 0 aromatic carbocycles. The number of hydrogen-bond donors (Lipinski definition) is 1. The second-order valence-corrected chi connectivity index (χ2v) is 11.8. The van der Waals surface area contributed by atoms with E-state index in [0.717, 1.165) is 31.0 Å². The van der Waals surface area contributed by atoms with Crippen LogP contribution in [0.1, 0.15) is 60.8 Å². The van der Waals surface area contributed by atoms with Crippen molar-refractivity contribution in [3.8, 4) is 0 Å². The Hall–Kier alpha value is 0.0969. The van der Waals surface area contributed by atoms with E-state index < -0.39 is 13.9 Å². The lowest BCUT2D eigenvalue weighted by atomic mass is 9.73. The molecule has 0 aliphatic heterocycles. The zero-order valence-corrected chi connectivity index (χ0v) is 15.2. The predicted molar refractivity (Wildman–Crippen MR) is 86.0 cm³/mol. The standard InChI is InChI=1S/C16H34O3Si/c1-7-20(8-2,9-3)19-18-16(5,6)14-11-10-13(4)12-15(14)17/h13-15,17H,7-12H2,1-6H3/t13-,14-,15-/m1/s1. The van der Waals surface area contributed by atoms with Gasteiger partial charge in [-0.3, -0.25) is 4.58 Å². The number of aliphatic hydroxyl groups excluding tert-OH is 1. The average Bonchev–Trinajstić information content (AvgIpc) is 2.40. The fourth-order valence-electron chi connectivity index (χ4n) is 3.35. The van der Waals surface area contributed by atoms with Crippen molar-refractivity contribution in [1.29, 1.82) is 0 Å². The topological polar surface area (TPSA) is 38.7 Å². The van der Waals surface area contributed by atoms with Gasteiger partial charge in [-0.15, -0.1) is 0 Å². The summed E-state index contributed by atoms with van der Waals surface area (Å²) >= 11 is 0. The lowest BCUT2D eigenvalue weighted by molar-refractivity contribution is -0.316. The predicted octanol–water partition coefficient (Wildman–Crippen LogP) is 4.52. The fourth-order valence-corrected chi connectivity index (χ4v) is 5.59. The van der Waals surface area contributed by atoms with Crippen LogP contribution in [0.4, 0.5) is 0 Å². The zero-order chi connectivity index (χ0) is 15.4. The van der Waals surface area contributed by atoms with E-state index in [0.29, 0.717) is 5.92 Å². The molecule has 1 fully saturated rings. The van der Waals surface area contributed by atoms with E-state index in [-0.39, 0.29) is 12.0 Å². The summed E-state index contributed by atoms with van der Waals surface area (Å²) in [6.45, 7) is 13.0. The highest BCUT2D eigenvalue weighted by Gasteiger charge is 2.42. The van der Waals surface area contributed by atoms with Crippen molar-refractivity contribution in [1.82, 2.24) is 0 Å². The molecule has 0 amide bonds. The van der Waals surface area contributed by atoms with E-state index in [2.05, 4.69) is 41.5 Å². The Morgan fingerprint density at radius 2 is 1.65 bits per heavy atom. The molecule has 0 heterocycles. The van der Waals surface area contributed by atoms with Crippen LogP contribution in [-0.2, 0) is 9.46 Å². The summed E-state index contributed by atoms with van der Waals surface area (Å²) in [6.07, 6.45) is 2.82. The molecule has 1 rings (SSSR count). The Morgan fingerprint density at radius 1 is 1.10 bits per heavy atom. The van der Waals surface area contributed by atoms with Crippen LogP contribution in [0.3, 0.4) is 0 Å². The fraction of sp³-hybridized carbons (Fsp3) is 1.00. The Morgan fingerprint density at radius 3 is 2.10 bits per heavy atom. The highest BCUT2D eigenvalue weighted by atomic mass is 28.4. The molecule has 1 aliphatic rings. The van der Waals surface area contributed by atoms with Crippen molar-refractivity contribution in [2.75, 3.05) is 0 Å². The first-order valence-corrected chi connectivity index (χ1v) is 10.9. The van der Waals surface area contributed by atoms with Gasteiger partial charge in [0.05, 0.1) is 6.10 Å². The first kappa shape index (κ1) is 18.1. The summed E-state index contributed by atoms with van der Waals surface area (Å²) in [5, 5.41) is 10.4. The zero-order valence-electron chi connectivity index (χ0n) is 14.2. The van der Waals surface area contributed by atoms with E-state index in [1.54, 1.807) is 0 Å². The normalized spacial score (nSPS) is 28.6. The molecular weight excluding hydrogens is 268 g/mol. The van der Waals surface area contributed by atoms with Crippen molar-refractivity contribution in [3.63, 3.8) is 0 Å². The second-order valence-electron chi connectivity index (χ2n) is 7.11. The summed E-state index contributed by atoms with van der Waals surface area (Å²) in [4.78, 5) is 5.91. The maximum absolute atomic E-state index is 10.4. The molecule has 1 N–H and O–H groups in total. The molecule has 0 spiro atoms. The quantitative estimate of drug-likeness (QED) is 0.427. The summed E-state index contributed by atoms with van der Waals surface area (Å²) in [5.74, 6) is 0.796. The highest BCUT2D eigenvalue weighted by molar-refractivity contribution is 6.73. The number of rotatable bonds is 7. The molecule has 1 aliphatic carbocycles. The van der Waals surface area contributed by atoms with Gasteiger partial charge in [-0.2, -0.15) is 0 Å². The lowest BCUT2D eigenvalue weighted by Crippen LogP contribution is -2.47. The maximum Gasteiger partial charge on any atom is 0.238 e. The Labute approximate surface area is 126 Å². The van der Waals surface area contributed by atoms with Crippen molar-refractivity contribution in [3.05, 3.63) is 0 Å². The molecule has 1 saturated carbocycles. The highest BCUT2D eigenvalue weighted by Crippen LogP contribution is 2.38. The SMILES string of the molecule is CC[Si](CC)(CC)OOC(C)(C)[C@@H]1CC[C@@H](C)C[C@H]1O. The van der Waals surface area contributed by atoms with Crippen LogP contribution in [0.25, 0.3) is 0 Å². The van der Waals surface area contributed by atoms with Crippen molar-refractivity contribution in [2.24, 2.45) is 11.8 Å². The Balaban J connectivity index is 2.64. The Bertz CT molecular complexity index is 281. The van der Waals surface area contributed by atoms with Crippen molar-refractivity contribution in [2.45, 2.75) is 90.6 Å². The van der Waals surface area contributed by atoms with Crippen LogP contribution in [0.15, 0.2) is 0 Å². The van der Waals surface area contributed by atoms with E-state index in [4.69, 9.17) is 9.46 Å². The van der Waals surface area contributed by atoms with Gasteiger partial charge in [-0.05, 0) is 50.7 Å². The van der Waals surface area contributed by atoms with Crippen molar-refractivity contribution >= 4 is 8.32 Å². The van der Waals surface area contributed by atoms with Gasteiger partial charge in [0.15, 0.2) is 0 Å². The largest absolute Gasteiger partial charge is 0.393 e. The van der Waals surface area contributed by atoms with Crippen LogP contribution >= 0.6 is 0 Å². The van der Waals surface area contributed by atoms with Gasteiger partial charge in [-0.1, -0.05) is 34.1 Å². The van der Waals surface area contributed by atoms with Gasteiger partial charge in [-0.25, -0.2) is 4.89 Å². The molecule has 20 heavy (non-hydrogen) atoms. The van der Waals surface area contributed by atoms with Crippen LogP contribution in [0.5, 0.6) is 0 Å². The molecule has 4 heteroatoms. The monoisotopic (exact) mass is 302 g/mol. The van der Waals surface area contributed by atoms with Crippen LogP contribution in [0, 0.1) is 11.8 Å². The first-order chi connectivity index (χ1) is 9.30. The number of aliphatic hydroxyl groups is 1. The summed E-state index contributed by atoms with van der Waals surface area (Å²) in [7, 11) is -1.73. The average molecular weight is 303 g/mol. The lowest BCUT2D eigenvalue weighted by Gasteiger charge is -2.42. The van der Waals surface area contributed by atoms with Crippen LogP contribution in [0.2, 0.25) is 18.1 Å². The third kappa shape index (κ3) is 4.29. The summed E-state index contributed by atoms with van der Waals surface area (Å²) in [6, 6.07) is 3.25. The minimum atomic E-state index is -1.73. The van der Waals surface area contributed by atoms with E-state index >= 15 is 0 Å². The third-order valence-corrected chi connectivity index (χ3v) is 9.64. The van der Waals surface area contributed by atoms with Gasteiger partial charge < -0.3 is 5.11 Å². The van der Waals surface area contributed by atoms with E-state index in [9.17, 15) is 5.11 Å². The van der Waals surface area contributed by atoms with Gasteiger partial charge in [0.25, 0.3) is 0 Å². The maximum atomic E-state index is 10.4. The van der Waals surface area contributed by atoms with E-state index in [1.165, 1.54) is 6.42 Å². The number of hydrogen-bond acceptors (Lipinski definition) is 3. The molecule has 0 saturated heterocycles.